The number of fused-ring (bicyclic) bond motifs is 2. The summed E-state index contributed by atoms with van der Waals surface area (Å²) in [7, 11) is 2.22. The van der Waals surface area contributed by atoms with Crippen LogP contribution >= 0.6 is 0 Å². The molecule has 0 saturated carbocycles. The molecule has 2 unspecified atom stereocenters. The molecular formula is C15H23N3. The Labute approximate surface area is 110 Å². The van der Waals surface area contributed by atoms with Gasteiger partial charge in [-0.1, -0.05) is 19.9 Å². The molecule has 0 radical (unpaired) electrons. The number of hydrogen-bond acceptors (Lipinski definition) is 3. The summed E-state index contributed by atoms with van der Waals surface area (Å²) >= 11 is 0. The van der Waals surface area contributed by atoms with E-state index in [0.29, 0.717) is 18.0 Å². The summed E-state index contributed by atoms with van der Waals surface area (Å²) in [5, 5.41) is 0. The van der Waals surface area contributed by atoms with Crippen LogP contribution in [0.4, 0.5) is 5.82 Å². The minimum Gasteiger partial charge on any atom is -0.348 e. The van der Waals surface area contributed by atoms with Crippen molar-refractivity contribution >= 4 is 5.82 Å². The highest BCUT2D eigenvalue weighted by Gasteiger charge is 2.44. The van der Waals surface area contributed by atoms with E-state index in [1.165, 1.54) is 36.6 Å². The van der Waals surface area contributed by atoms with E-state index < -0.39 is 0 Å². The first-order valence-corrected chi connectivity index (χ1v) is 7.00. The van der Waals surface area contributed by atoms with Crippen LogP contribution in [0.25, 0.3) is 0 Å². The van der Waals surface area contributed by atoms with Crippen molar-refractivity contribution in [2.24, 2.45) is 0 Å². The second kappa shape index (κ2) is 4.23. The Morgan fingerprint density at radius 2 is 1.89 bits per heavy atom. The molecule has 2 bridgehead atoms. The van der Waals surface area contributed by atoms with Crippen LogP contribution in [0, 0.1) is 6.92 Å². The lowest BCUT2D eigenvalue weighted by molar-refractivity contribution is 0.139. The van der Waals surface area contributed by atoms with Crippen molar-refractivity contribution in [2.75, 3.05) is 25.0 Å². The second-order valence-electron chi connectivity index (χ2n) is 6.20. The molecule has 18 heavy (non-hydrogen) atoms. The zero-order valence-electron chi connectivity index (χ0n) is 11.8. The van der Waals surface area contributed by atoms with Gasteiger partial charge in [-0.25, -0.2) is 4.98 Å². The van der Waals surface area contributed by atoms with E-state index >= 15 is 0 Å². The third-order valence-electron chi connectivity index (χ3n) is 4.31. The first kappa shape index (κ1) is 12.0. The van der Waals surface area contributed by atoms with E-state index in [0.717, 1.165) is 0 Å². The van der Waals surface area contributed by atoms with Crippen LogP contribution in [0.5, 0.6) is 0 Å². The van der Waals surface area contributed by atoms with Gasteiger partial charge in [-0.2, -0.15) is 0 Å². The lowest BCUT2D eigenvalue weighted by Crippen LogP contribution is -2.68. The number of pyridine rings is 1. The van der Waals surface area contributed by atoms with Gasteiger partial charge in [-0.05, 0) is 37.9 Å². The Kier molecular flexibility index (Phi) is 2.81. The lowest BCUT2D eigenvalue weighted by atomic mass is 9.87. The van der Waals surface area contributed by atoms with Gasteiger partial charge >= 0.3 is 0 Å². The first-order chi connectivity index (χ1) is 8.56. The van der Waals surface area contributed by atoms with Crippen LogP contribution < -0.4 is 4.90 Å². The highest BCUT2D eigenvalue weighted by atomic mass is 15.4. The molecule has 0 aliphatic carbocycles. The predicted octanol–water partition coefficient (Wildman–Crippen LogP) is 2.41. The van der Waals surface area contributed by atoms with Crippen molar-refractivity contribution in [3.8, 4) is 0 Å². The summed E-state index contributed by atoms with van der Waals surface area (Å²) in [5.74, 6) is 1.70. The molecule has 0 amide bonds. The van der Waals surface area contributed by atoms with Gasteiger partial charge in [0.1, 0.15) is 5.82 Å². The number of anilines is 1. The van der Waals surface area contributed by atoms with Gasteiger partial charge in [0.15, 0.2) is 0 Å². The van der Waals surface area contributed by atoms with Crippen LogP contribution in [0.3, 0.4) is 0 Å². The number of hydrogen-bond donors (Lipinski definition) is 0. The van der Waals surface area contributed by atoms with Crippen molar-refractivity contribution in [1.29, 1.82) is 0 Å². The highest BCUT2D eigenvalue weighted by molar-refractivity contribution is 5.48. The fraction of sp³-hybridized carbons (Fsp3) is 0.667. The maximum Gasteiger partial charge on any atom is 0.129 e. The molecule has 0 spiro atoms. The fourth-order valence-electron chi connectivity index (χ4n) is 3.46. The maximum atomic E-state index is 4.91. The molecular weight excluding hydrogens is 222 g/mol. The minimum atomic E-state index is 0.508. The number of piperazine rings is 1. The van der Waals surface area contributed by atoms with Crippen molar-refractivity contribution < 1.29 is 0 Å². The van der Waals surface area contributed by atoms with Crippen LogP contribution in [0.15, 0.2) is 12.1 Å². The average molecular weight is 245 g/mol. The Hall–Kier alpha value is -1.09. The molecule has 3 nitrogen and oxygen atoms in total. The Morgan fingerprint density at radius 3 is 2.50 bits per heavy atom. The molecule has 3 heterocycles. The summed E-state index contributed by atoms with van der Waals surface area (Å²) < 4.78 is 0. The third-order valence-corrected chi connectivity index (χ3v) is 4.31. The van der Waals surface area contributed by atoms with Crippen molar-refractivity contribution in [2.45, 2.75) is 45.2 Å². The summed E-state index contributed by atoms with van der Waals surface area (Å²) in [4.78, 5) is 9.88. The van der Waals surface area contributed by atoms with Gasteiger partial charge in [0.05, 0.1) is 0 Å². The number of aryl methyl sites for hydroxylation is 1. The first-order valence-electron chi connectivity index (χ1n) is 7.00. The Morgan fingerprint density at radius 1 is 1.22 bits per heavy atom. The molecule has 1 aromatic rings. The van der Waals surface area contributed by atoms with Gasteiger partial charge in [0.25, 0.3) is 0 Å². The van der Waals surface area contributed by atoms with Crippen LogP contribution in [0.2, 0.25) is 0 Å². The topological polar surface area (TPSA) is 19.4 Å². The molecule has 3 rings (SSSR count). The number of rotatable bonds is 2. The Balaban J connectivity index is 1.88. The van der Waals surface area contributed by atoms with Crippen LogP contribution in [-0.2, 0) is 0 Å². The fourth-order valence-corrected chi connectivity index (χ4v) is 3.46. The van der Waals surface area contributed by atoms with Crippen LogP contribution in [0.1, 0.15) is 37.4 Å². The SMILES string of the molecule is Cc1ccc(N2C3CC2CN(C)C3)nc1C(C)C. The quantitative estimate of drug-likeness (QED) is 0.797. The standard InChI is InChI=1S/C15H23N3/c1-10(2)15-11(3)5-6-14(16-15)18-12-7-13(18)9-17(4)8-12/h5-6,10,12-13H,7-9H2,1-4H3. The van der Waals surface area contributed by atoms with Gasteiger partial charge in [-0.3, -0.25) is 0 Å². The lowest BCUT2D eigenvalue weighted by Gasteiger charge is -2.56. The maximum absolute atomic E-state index is 4.91. The normalized spacial score (nSPS) is 27.5. The number of likely N-dealkylation sites (N-methyl/N-ethyl adjacent to an activating group) is 1. The number of aromatic nitrogens is 1. The molecule has 0 aromatic carbocycles. The van der Waals surface area contributed by atoms with Gasteiger partial charge < -0.3 is 9.80 Å². The molecule has 0 N–H and O–H groups in total. The predicted molar refractivity (Wildman–Crippen MR) is 75.2 cm³/mol. The summed E-state index contributed by atoms with van der Waals surface area (Å²) in [6.45, 7) is 8.98. The van der Waals surface area contributed by atoms with Gasteiger partial charge in [-0.15, -0.1) is 0 Å². The largest absolute Gasteiger partial charge is 0.348 e. The van der Waals surface area contributed by atoms with E-state index in [2.05, 4.69) is 49.8 Å². The number of piperidine rings is 1. The molecule has 2 saturated heterocycles. The highest BCUT2D eigenvalue weighted by Crippen LogP contribution is 2.36. The van der Waals surface area contributed by atoms with Gasteiger partial charge in [0.2, 0.25) is 0 Å². The van der Waals surface area contributed by atoms with Crippen molar-refractivity contribution in [1.82, 2.24) is 9.88 Å². The molecule has 2 atom stereocenters. The minimum absolute atomic E-state index is 0.508. The van der Waals surface area contributed by atoms with Crippen molar-refractivity contribution in [3.05, 3.63) is 23.4 Å². The van der Waals surface area contributed by atoms with E-state index in [4.69, 9.17) is 4.98 Å². The summed E-state index contributed by atoms with van der Waals surface area (Å²) in [6, 6.07) is 5.80. The second-order valence-corrected chi connectivity index (χ2v) is 6.20. The van der Waals surface area contributed by atoms with E-state index in [9.17, 15) is 0 Å². The summed E-state index contributed by atoms with van der Waals surface area (Å²) in [6.07, 6.45) is 1.34. The molecule has 1 aromatic heterocycles. The monoisotopic (exact) mass is 245 g/mol. The smallest absolute Gasteiger partial charge is 0.129 e. The molecule has 2 fully saturated rings. The van der Waals surface area contributed by atoms with Crippen molar-refractivity contribution in [3.63, 3.8) is 0 Å². The zero-order chi connectivity index (χ0) is 12.9. The summed E-state index contributed by atoms with van der Waals surface area (Å²) in [5.41, 5.74) is 2.57. The molecule has 2 aliphatic heterocycles. The molecule has 2 aliphatic rings. The Bertz CT molecular complexity index is 443. The number of likely N-dealkylation sites (tertiary alicyclic amines) is 1. The van der Waals surface area contributed by atoms with E-state index in [1.54, 1.807) is 0 Å². The molecule has 98 valence electrons. The van der Waals surface area contributed by atoms with Gasteiger partial charge in [0, 0.05) is 30.9 Å². The number of nitrogens with zero attached hydrogens (tertiary/aromatic N) is 3. The third kappa shape index (κ3) is 1.81. The molecule has 3 heteroatoms. The van der Waals surface area contributed by atoms with E-state index in [1.807, 2.05) is 0 Å². The van der Waals surface area contributed by atoms with Crippen LogP contribution in [-0.4, -0.2) is 42.1 Å². The van der Waals surface area contributed by atoms with E-state index in [-0.39, 0.29) is 0 Å². The average Bonchev–Trinajstić information content (AvgIpc) is 2.30. The zero-order valence-corrected chi connectivity index (χ0v) is 11.8.